The molecule has 2 unspecified atom stereocenters. The molecule has 2 aliphatic heterocycles. The van der Waals surface area contributed by atoms with Crippen LogP contribution in [0.4, 0.5) is 4.79 Å². The summed E-state index contributed by atoms with van der Waals surface area (Å²) in [4.78, 5) is 27.1. The van der Waals surface area contributed by atoms with E-state index < -0.39 is 5.97 Å². The Balaban J connectivity index is 1.78. The van der Waals surface area contributed by atoms with Crippen LogP contribution in [0.1, 0.15) is 39.5 Å². The van der Waals surface area contributed by atoms with E-state index in [1.165, 1.54) is 0 Å². The number of amides is 2. The highest BCUT2D eigenvalue weighted by Crippen LogP contribution is 2.27. The Morgan fingerprint density at radius 1 is 1.10 bits per heavy atom. The van der Waals surface area contributed by atoms with Crippen LogP contribution in [0.3, 0.4) is 0 Å². The average Bonchev–Trinajstić information content (AvgIpc) is 2.44. The summed E-state index contributed by atoms with van der Waals surface area (Å²) in [5.74, 6) is -0.262. The van der Waals surface area contributed by atoms with Crippen molar-refractivity contribution in [1.82, 2.24) is 9.80 Å². The van der Waals surface area contributed by atoms with E-state index >= 15 is 0 Å². The van der Waals surface area contributed by atoms with Gasteiger partial charge in [-0.3, -0.25) is 4.79 Å². The van der Waals surface area contributed by atoms with Crippen molar-refractivity contribution in [2.45, 2.75) is 50.0 Å². The van der Waals surface area contributed by atoms with Crippen LogP contribution in [0.5, 0.6) is 0 Å². The van der Waals surface area contributed by atoms with E-state index in [-0.39, 0.29) is 12.5 Å². The molecule has 0 aliphatic carbocycles. The Labute approximate surface area is 131 Å². The molecule has 0 spiro atoms. The van der Waals surface area contributed by atoms with Crippen molar-refractivity contribution in [3.05, 3.63) is 0 Å². The van der Waals surface area contributed by atoms with Gasteiger partial charge in [-0.1, -0.05) is 13.8 Å². The van der Waals surface area contributed by atoms with Crippen LogP contribution >= 0.6 is 11.8 Å². The van der Waals surface area contributed by atoms with E-state index in [1.807, 2.05) is 21.6 Å². The number of urea groups is 1. The first-order valence-corrected chi connectivity index (χ1v) is 8.81. The molecule has 0 bridgehead atoms. The molecule has 2 heterocycles. The molecule has 1 N–H and O–H groups in total. The van der Waals surface area contributed by atoms with Gasteiger partial charge in [0.2, 0.25) is 0 Å². The third-order valence-corrected chi connectivity index (χ3v) is 5.57. The lowest BCUT2D eigenvalue weighted by atomic mass is 9.92. The molecule has 0 aromatic carbocycles. The number of nitrogens with zero attached hydrogens (tertiary/aromatic N) is 2. The second kappa shape index (κ2) is 7.38. The number of carbonyl (C=O) groups is 2. The predicted molar refractivity (Wildman–Crippen MR) is 84.7 cm³/mol. The molecule has 0 saturated carbocycles. The lowest BCUT2D eigenvalue weighted by Crippen LogP contribution is -2.52. The van der Waals surface area contributed by atoms with E-state index in [2.05, 4.69) is 13.8 Å². The van der Waals surface area contributed by atoms with E-state index in [1.54, 1.807) is 0 Å². The fourth-order valence-electron chi connectivity index (χ4n) is 3.27. The first-order chi connectivity index (χ1) is 9.95. The fraction of sp³-hybridized carbons (Fsp3) is 0.867. The smallest absolute Gasteiger partial charge is 0.320 e. The number of thioether (sulfide) groups is 1. The maximum absolute atomic E-state index is 12.6. The first-order valence-electron chi connectivity index (χ1n) is 7.86. The number of aliphatic carboxylic acids is 1. The molecule has 120 valence electrons. The molecule has 2 atom stereocenters. The van der Waals surface area contributed by atoms with Crippen molar-refractivity contribution in [2.75, 3.05) is 26.2 Å². The van der Waals surface area contributed by atoms with E-state index in [0.29, 0.717) is 16.4 Å². The minimum atomic E-state index is -0.720. The van der Waals surface area contributed by atoms with Gasteiger partial charge in [-0.25, -0.2) is 4.79 Å². The van der Waals surface area contributed by atoms with Gasteiger partial charge in [0.25, 0.3) is 0 Å². The summed E-state index contributed by atoms with van der Waals surface area (Å²) in [6.07, 6.45) is 2.86. The fourth-order valence-corrected chi connectivity index (χ4v) is 4.60. The third-order valence-electron chi connectivity index (χ3n) is 4.34. The highest BCUT2D eigenvalue weighted by molar-refractivity contribution is 8.00. The summed E-state index contributed by atoms with van der Waals surface area (Å²) < 4.78 is 0. The summed E-state index contributed by atoms with van der Waals surface area (Å²) in [5, 5.41) is 9.74. The van der Waals surface area contributed by atoms with Gasteiger partial charge in [0.15, 0.2) is 0 Å². The number of rotatable bonds is 3. The Morgan fingerprint density at radius 3 is 2.19 bits per heavy atom. The molecule has 6 heteroatoms. The minimum Gasteiger partial charge on any atom is -0.481 e. The minimum absolute atomic E-state index is 0.172. The largest absolute Gasteiger partial charge is 0.481 e. The van der Waals surface area contributed by atoms with Gasteiger partial charge in [0.05, 0.1) is 0 Å². The Morgan fingerprint density at radius 2 is 1.67 bits per heavy atom. The van der Waals surface area contributed by atoms with Crippen LogP contribution in [-0.2, 0) is 4.79 Å². The zero-order chi connectivity index (χ0) is 15.4. The molecule has 0 aromatic rings. The monoisotopic (exact) mass is 314 g/mol. The topological polar surface area (TPSA) is 60.9 Å². The van der Waals surface area contributed by atoms with Gasteiger partial charge in [-0.05, 0) is 25.2 Å². The van der Waals surface area contributed by atoms with Crippen molar-refractivity contribution < 1.29 is 14.7 Å². The van der Waals surface area contributed by atoms with E-state index in [9.17, 15) is 9.59 Å². The molecular formula is C15H26N2O3S. The molecule has 2 amide bonds. The summed E-state index contributed by atoms with van der Waals surface area (Å²) in [7, 11) is 0. The summed E-state index contributed by atoms with van der Waals surface area (Å²) in [5.41, 5.74) is 0. The van der Waals surface area contributed by atoms with Gasteiger partial charge >= 0.3 is 12.0 Å². The Hall–Kier alpha value is -0.910. The maximum atomic E-state index is 12.6. The Kier molecular flexibility index (Phi) is 5.79. The molecule has 2 saturated heterocycles. The maximum Gasteiger partial charge on any atom is 0.320 e. The number of hydrogen-bond acceptors (Lipinski definition) is 3. The van der Waals surface area contributed by atoms with Crippen LogP contribution < -0.4 is 0 Å². The standard InChI is InChI=1S/C15H26N2O3S/c1-11-9-17(10-12(2)21-11)15(20)16-7-5-13(6-8-16)3-4-14(18)19/h11-13H,3-10H2,1-2H3,(H,18,19). The van der Waals surface area contributed by atoms with Crippen LogP contribution in [0, 0.1) is 5.92 Å². The van der Waals surface area contributed by atoms with Gasteiger partial charge < -0.3 is 14.9 Å². The summed E-state index contributed by atoms with van der Waals surface area (Å²) in [6, 6.07) is 0.172. The number of piperidine rings is 1. The zero-order valence-corrected chi connectivity index (χ0v) is 13.8. The SMILES string of the molecule is CC1CN(C(=O)N2CCC(CCC(=O)O)CC2)CC(C)S1. The van der Waals surface area contributed by atoms with E-state index in [0.717, 1.165) is 45.4 Å². The highest BCUT2D eigenvalue weighted by atomic mass is 32.2. The molecule has 2 fully saturated rings. The van der Waals surface area contributed by atoms with Crippen LogP contribution in [0.15, 0.2) is 0 Å². The molecular weight excluding hydrogens is 288 g/mol. The summed E-state index contributed by atoms with van der Waals surface area (Å²) >= 11 is 1.95. The average molecular weight is 314 g/mol. The van der Waals surface area contributed by atoms with Gasteiger partial charge in [-0.15, -0.1) is 0 Å². The second-order valence-corrected chi connectivity index (χ2v) is 8.19. The van der Waals surface area contributed by atoms with Gasteiger partial charge in [0.1, 0.15) is 0 Å². The number of carboxylic acid groups (broad SMARTS) is 1. The lowest BCUT2D eigenvalue weighted by Gasteiger charge is -2.40. The van der Waals surface area contributed by atoms with Crippen molar-refractivity contribution in [1.29, 1.82) is 0 Å². The van der Waals surface area contributed by atoms with Crippen molar-refractivity contribution in [2.24, 2.45) is 5.92 Å². The lowest BCUT2D eigenvalue weighted by molar-refractivity contribution is -0.137. The van der Waals surface area contributed by atoms with Crippen molar-refractivity contribution in [3.63, 3.8) is 0 Å². The van der Waals surface area contributed by atoms with E-state index in [4.69, 9.17) is 5.11 Å². The zero-order valence-electron chi connectivity index (χ0n) is 13.0. The number of carbonyl (C=O) groups excluding carboxylic acids is 1. The molecule has 0 radical (unpaired) electrons. The number of likely N-dealkylation sites (tertiary alicyclic amines) is 1. The number of carboxylic acids is 1. The molecule has 0 aromatic heterocycles. The quantitative estimate of drug-likeness (QED) is 0.869. The molecule has 2 aliphatic rings. The normalized spacial score (nSPS) is 27.7. The highest BCUT2D eigenvalue weighted by Gasteiger charge is 2.31. The molecule has 5 nitrogen and oxygen atoms in total. The molecule has 2 rings (SSSR count). The van der Waals surface area contributed by atoms with Gasteiger partial charge in [-0.2, -0.15) is 11.8 Å². The first kappa shape index (κ1) is 16.5. The third kappa shape index (κ3) is 4.80. The second-order valence-electron chi connectivity index (χ2n) is 6.31. The Bertz CT molecular complexity index is 373. The van der Waals surface area contributed by atoms with Crippen LogP contribution in [0.25, 0.3) is 0 Å². The van der Waals surface area contributed by atoms with Crippen LogP contribution in [0.2, 0.25) is 0 Å². The van der Waals surface area contributed by atoms with Crippen molar-refractivity contribution in [3.8, 4) is 0 Å². The number of hydrogen-bond donors (Lipinski definition) is 1. The predicted octanol–water partition coefficient (Wildman–Crippen LogP) is 2.51. The van der Waals surface area contributed by atoms with Gasteiger partial charge in [0, 0.05) is 43.1 Å². The molecule has 21 heavy (non-hydrogen) atoms. The summed E-state index contributed by atoms with van der Waals surface area (Å²) in [6.45, 7) is 7.59. The van der Waals surface area contributed by atoms with Crippen LogP contribution in [-0.4, -0.2) is 63.6 Å². The van der Waals surface area contributed by atoms with Crippen molar-refractivity contribution >= 4 is 23.8 Å².